The van der Waals surface area contributed by atoms with Crippen LogP contribution in [0.2, 0.25) is 0 Å². The quantitative estimate of drug-likeness (QED) is 0.790. The molecule has 82 valence electrons. The van der Waals surface area contributed by atoms with E-state index in [4.69, 9.17) is 0 Å². The summed E-state index contributed by atoms with van der Waals surface area (Å²) < 4.78 is 0. The van der Waals surface area contributed by atoms with Gasteiger partial charge in [0.2, 0.25) is 5.95 Å². The molecule has 0 bridgehead atoms. The van der Waals surface area contributed by atoms with Crippen molar-refractivity contribution in [1.29, 1.82) is 0 Å². The summed E-state index contributed by atoms with van der Waals surface area (Å²) in [5.74, 6) is 1.71. The van der Waals surface area contributed by atoms with E-state index in [9.17, 15) is 0 Å². The molecule has 1 atom stereocenters. The summed E-state index contributed by atoms with van der Waals surface area (Å²) in [5.41, 5.74) is 1.13. The zero-order valence-electron chi connectivity index (χ0n) is 8.99. The monoisotopic (exact) mass is 269 g/mol. The summed E-state index contributed by atoms with van der Waals surface area (Å²) in [6.07, 6.45) is 6.34. The second kappa shape index (κ2) is 4.92. The lowest BCUT2D eigenvalue weighted by Gasteiger charge is -2.15. The molecule has 0 radical (unpaired) electrons. The van der Waals surface area contributed by atoms with Gasteiger partial charge < -0.3 is 4.90 Å². The van der Waals surface area contributed by atoms with Crippen molar-refractivity contribution in [2.75, 3.05) is 18.0 Å². The Morgan fingerprint density at radius 3 is 2.73 bits per heavy atom. The second-order valence-corrected chi connectivity index (χ2v) is 4.59. The van der Waals surface area contributed by atoms with Crippen molar-refractivity contribution in [2.45, 2.75) is 25.1 Å². The van der Waals surface area contributed by atoms with Crippen LogP contribution in [0, 0.1) is 5.92 Å². The fraction of sp³-hybridized carbons (Fsp3) is 0.636. The first kappa shape index (κ1) is 10.9. The second-order valence-electron chi connectivity index (χ2n) is 4.03. The van der Waals surface area contributed by atoms with Gasteiger partial charge in [0.05, 0.1) is 0 Å². The van der Waals surface area contributed by atoms with Crippen LogP contribution < -0.4 is 4.90 Å². The van der Waals surface area contributed by atoms with Gasteiger partial charge in [-0.15, -0.1) is 0 Å². The summed E-state index contributed by atoms with van der Waals surface area (Å²) in [6.45, 7) is 4.47. The van der Waals surface area contributed by atoms with Gasteiger partial charge in [-0.05, 0) is 17.9 Å². The molecular formula is C11H16BrN3. The predicted octanol–water partition coefficient (Wildman–Crippen LogP) is 2.61. The number of hydrogen-bond acceptors (Lipinski definition) is 3. The van der Waals surface area contributed by atoms with Crippen LogP contribution in [0.5, 0.6) is 0 Å². The molecule has 0 aliphatic carbocycles. The van der Waals surface area contributed by atoms with Gasteiger partial charge in [-0.2, -0.15) is 0 Å². The molecule has 0 amide bonds. The maximum Gasteiger partial charge on any atom is 0.225 e. The van der Waals surface area contributed by atoms with Crippen molar-refractivity contribution in [2.24, 2.45) is 5.92 Å². The molecule has 1 aliphatic rings. The maximum atomic E-state index is 4.39. The molecule has 15 heavy (non-hydrogen) atoms. The van der Waals surface area contributed by atoms with Gasteiger partial charge >= 0.3 is 0 Å². The Balaban J connectivity index is 2.04. The third kappa shape index (κ3) is 2.48. The highest BCUT2D eigenvalue weighted by atomic mass is 79.9. The zero-order valence-corrected chi connectivity index (χ0v) is 10.6. The minimum atomic E-state index is 0.824. The average molecular weight is 270 g/mol. The molecule has 3 nitrogen and oxygen atoms in total. The number of anilines is 1. The summed E-state index contributed by atoms with van der Waals surface area (Å²) in [7, 11) is 0. The standard InChI is InChI=1S/C11H16BrN3/c1-2-9-3-4-15(8-9)11-13-6-10(5-12)7-14-11/h6-7,9H,2-5,8H2,1H3. The van der Waals surface area contributed by atoms with Crippen molar-refractivity contribution in [3.63, 3.8) is 0 Å². The van der Waals surface area contributed by atoms with E-state index in [0.717, 1.165) is 35.8 Å². The third-order valence-corrected chi connectivity index (χ3v) is 3.64. The fourth-order valence-electron chi connectivity index (χ4n) is 1.93. The van der Waals surface area contributed by atoms with E-state index in [1.807, 2.05) is 12.4 Å². The van der Waals surface area contributed by atoms with Crippen LogP contribution in [0.15, 0.2) is 12.4 Å². The summed E-state index contributed by atoms with van der Waals surface area (Å²) in [5, 5.41) is 0.824. The minimum absolute atomic E-state index is 0.824. The summed E-state index contributed by atoms with van der Waals surface area (Å²) in [6, 6.07) is 0. The van der Waals surface area contributed by atoms with Crippen LogP contribution in [0.4, 0.5) is 5.95 Å². The van der Waals surface area contributed by atoms with Crippen molar-refractivity contribution in [1.82, 2.24) is 9.97 Å². The smallest absolute Gasteiger partial charge is 0.225 e. The Labute approximate surface area is 99.0 Å². The Bertz CT molecular complexity index is 312. The van der Waals surface area contributed by atoms with Crippen LogP contribution in [-0.2, 0) is 5.33 Å². The topological polar surface area (TPSA) is 29.0 Å². The molecule has 1 unspecified atom stereocenters. The maximum absolute atomic E-state index is 4.39. The molecule has 1 aliphatic heterocycles. The molecule has 4 heteroatoms. The molecule has 0 spiro atoms. The van der Waals surface area contributed by atoms with Crippen LogP contribution in [0.25, 0.3) is 0 Å². The fourth-order valence-corrected chi connectivity index (χ4v) is 2.22. The van der Waals surface area contributed by atoms with Crippen molar-refractivity contribution >= 4 is 21.9 Å². The first-order valence-corrected chi connectivity index (χ1v) is 6.57. The van der Waals surface area contributed by atoms with Gasteiger partial charge in [0.25, 0.3) is 0 Å². The molecule has 0 saturated carbocycles. The van der Waals surface area contributed by atoms with Gasteiger partial charge in [-0.3, -0.25) is 0 Å². The molecule has 1 aromatic rings. The Morgan fingerprint density at radius 2 is 2.20 bits per heavy atom. The van der Waals surface area contributed by atoms with Crippen molar-refractivity contribution in [3.05, 3.63) is 18.0 Å². The number of nitrogens with zero attached hydrogens (tertiary/aromatic N) is 3. The molecular weight excluding hydrogens is 254 g/mol. The van der Waals surface area contributed by atoms with Crippen molar-refractivity contribution in [3.8, 4) is 0 Å². The van der Waals surface area contributed by atoms with Gasteiger partial charge in [-0.25, -0.2) is 9.97 Å². The molecule has 0 aromatic carbocycles. The zero-order chi connectivity index (χ0) is 10.7. The van der Waals surface area contributed by atoms with Crippen molar-refractivity contribution < 1.29 is 0 Å². The predicted molar refractivity (Wildman–Crippen MR) is 65.3 cm³/mol. The van der Waals surface area contributed by atoms with E-state index in [2.05, 4.69) is 37.7 Å². The van der Waals surface area contributed by atoms with E-state index in [1.54, 1.807) is 0 Å². The third-order valence-electron chi connectivity index (χ3n) is 2.99. The Kier molecular flexibility index (Phi) is 3.57. The van der Waals surface area contributed by atoms with Gasteiger partial charge in [0.1, 0.15) is 0 Å². The molecule has 2 rings (SSSR count). The minimum Gasteiger partial charge on any atom is -0.341 e. The first-order valence-electron chi connectivity index (χ1n) is 5.45. The Hall–Kier alpha value is -0.640. The lowest BCUT2D eigenvalue weighted by atomic mass is 10.1. The van der Waals surface area contributed by atoms with E-state index in [0.29, 0.717) is 0 Å². The first-order chi connectivity index (χ1) is 7.33. The lowest BCUT2D eigenvalue weighted by molar-refractivity contribution is 0.568. The number of rotatable bonds is 3. The van der Waals surface area contributed by atoms with Crippen LogP contribution in [0.3, 0.4) is 0 Å². The summed E-state index contributed by atoms with van der Waals surface area (Å²) >= 11 is 3.39. The molecule has 0 N–H and O–H groups in total. The number of hydrogen-bond donors (Lipinski definition) is 0. The van der Waals surface area contributed by atoms with Gasteiger partial charge in [0, 0.05) is 30.8 Å². The number of halogens is 1. The highest BCUT2D eigenvalue weighted by molar-refractivity contribution is 9.08. The van der Waals surface area contributed by atoms with Crippen LogP contribution in [-0.4, -0.2) is 23.1 Å². The SMILES string of the molecule is CCC1CCN(c2ncc(CBr)cn2)C1. The molecule has 1 fully saturated rings. The molecule has 1 saturated heterocycles. The summed E-state index contributed by atoms with van der Waals surface area (Å²) in [4.78, 5) is 11.1. The number of aromatic nitrogens is 2. The van der Waals surface area contributed by atoms with E-state index in [1.165, 1.54) is 12.8 Å². The molecule has 2 heterocycles. The highest BCUT2D eigenvalue weighted by Gasteiger charge is 2.22. The molecule has 1 aromatic heterocycles. The highest BCUT2D eigenvalue weighted by Crippen LogP contribution is 2.22. The van der Waals surface area contributed by atoms with Gasteiger partial charge in [0.15, 0.2) is 0 Å². The average Bonchev–Trinajstić information content (AvgIpc) is 2.78. The van der Waals surface area contributed by atoms with Crippen LogP contribution in [0.1, 0.15) is 25.3 Å². The normalized spacial score (nSPS) is 20.9. The largest absolute Gasteiger partial charge is 0.341 e. The number of alkyl halides is 1. The lowest BCUT2D eigenvalue weighted by Crippen LogP contribution is -2.21. The van der Waals surface area contributed by atoms with E-state index < -0.39 is 0 Å². The van der Waals surface area contributed by atoms with Crippen LogP contribution >= 0.6 is 15.9 Å². The Morgan fingerprint density at radius 1 is 1.47 bits per heavy atom. The van der Waals surface area contributed by atoms with Gasteiger partial charge in [-0.1, -0.05) is 29.3 Å². The van der Waals surface area contributed by atoms with E-state index >= 15 is 0 Å². The van der Waals surface area contributed by atoms with E-state index in [-0.39, 0.29) is 0 Å².